The maximum Gasteiger partial charge on any atom is 0.243 e. The van der Waals surface area contributed by atoms with E-state index >= 15 is 0 Å². The molecule has 1 aliphatic heterocycles. The molecule has 1 saturated heterocycles. The average molecular weight is 348 g/mol. The summed E-state index contributed by atoms with van der Waals surface area (Å²) in [6.07, 6.45) is 2.72. The molecule has 1 fully saturated rings. The zero-order valence-electron chi connectivity index (χ0n) is 12.1. The van der Waals surface area contributed by atoms with Crippen molar-refractivity contribution in [2.75, 3.05) is 26.2 Å². The summed E-state index contributed by atoms with van der Waals surface area (Å²) in [5.41, 5.74) is 0. The predicted molar refractivity (Wildman–Crippen MR) is 81.3 cm³/mol. The van der Waals surface area contributed by atoms with Gasteiger partial charge in [0, 0.05) is 19.6 Å². The minimum absolute atomic E-state index is 0.0291. The molecule has 0 bridgehead atoms. The van der Waals surface area contributed by atoms with Gasteiger partial charge in [-0.05, 0) is 37.1 Å². The summed E-state index contributed by atoms with van der Waals surface area (Å²) < 4.78 is 52.3. The van der Waals surface area contributed by atoms with Crippen LogP contribution >= 0.6 is 0 Å². The first-order chi connectivity index (χ1) is 10.4. The molecule has 0 unspecified atom stereocenters. The van der Waals surface area contributed by atoms with Crippen LogP contribution < -0.4 is 4.72 Å². The maximum atomic E-state index is 12.4. The van der Waals surface area contributed by atoms with E-state index in [4.69, 9.17) is 5.11 Å². The average Bonchev–Trinajstić information content (AvgIpc) is 2.54. The fourth-order valence-electron chi connectivity index (χ4n) is 2.31. The Hall–Kier alpha value is -1.00. The third kappa shape index (κ3) is 3.85. The van der Waals surface area contributed by atoms with Gasteiger partial charge in [-0.3, -0.25) is 0 Å². The Labute approximate surface area is 131 Å². The highest BCUT2D eigenvalue weighted by atomic mass is 32.2. The van der Waals surface area contributed by atoms with Crippen LogP contribution in [0.5, 0.6) is 0 Å². The van der Waals surface area contributed by atoms with Crippen LogP contribution in [0.2, 0.25) is 0 Å². The molecule has 0 aliphatic carbocycles. The molecule has 124 valence electrons. The molecule has 0 aromatic heterocycles. The van der Waals surface area contributed by atoms with E-state index in [1.54, 1.807) is 0 Å². The van der Waals surface area contributed by atoms with Crippen LogP contribution in [-0.2, 0) is 20.0 Å². The lowest BCUT2D eigenvalue weighted by Crippen LogP contribution is -2.35. The highest BCUT2D eigenvalue weighted by Gasteiger charge is 2.26. The molecule has 2 rings (SSSR count). The Kier molecular flexibility index (Phi) is 5.56. The molecule has 0 amide bonds. The fourth-order valence-corrected chi connectivity index (χ4v) is 4.85. The first-order valence-electron chi connectivity index (χ1n) is 7.09. The predicted octanol–water partition coefficient (Wildman–Crippen LogP) is 0.132. The van der Waals surface area contributed by atoms with E-state index in [0.717, 1.165) is 19.3 Å². The first-order valence-corrected chi connectivity index (χ1v) is 10.0. The molecule has 1 heterocycles. The van der Waals surface area contributed by atoms with Crippen LogP contribution in [0.1, 0.15) is 19.3 Å². The van der Waals surface area contributed by atoms with Crippen LogP contribution in [0.3, 0.4) is 0 Å². The number of nitrogens with one attached hydrogen (secondary N) is 1. The zero-order valence-corrected chi connectivity index (χ0v) is 13.7. The van der Waals surface area contributed by atoms with Gasteiger partial charge in [0.25, 0.3) is 0 Å². The second-order valence-electron chi connectivity index (χ2n) is 5.06. The summed E-state index contributed by atoms with van der Waals surface area (Å²) in [7, 11) is -7.29. The normalized spacial score (nSPS) is 17.5. The van der Waals surface area contributed by atoms with E-state index in [2.05, 4.69) is 4.72 Å². The molecule has 0 spiro atoms. The molecular weight excluding hydrogens is 328 g/mol. The standard InChI is InChI=1S/C13H20N2O5S2/c16-11-8-14-21(17,18)12-4-6-13(7-5-12)22(19,20)15-9-2-1-3-10-15/h4-7,14,16H,1-3,8-11H2. The lowest BCUT2D eigenvalue weighted by atomic mass is 10.2. The van der Waals surface area contributed by atoms with Crippen molar-refractivity contribution in [3.05, 3.63) is 24.3 Å². The van der Waals surface area contributed by atoms with Crippen molar-refractivity contribution in [2.45, 2.75) is 29.1 Å². The van der Waals surface area contributed by atoms with Crippen molar-refractivity contribution in [2.24, 2.45) is 0 Å². The third-order valence-electron chi connectivity index (χ3n) is 3.49. The molecule has 7 nitrogen and oxygen atoms in total. The van der Waals surface area contributed by atoms with Crippen LogP contribution in [0.25, 0.3) is 0 Å². The molecule has 22 heavy (non-hydrogen) atoms. The van der Waals surface area contributed by atoms with Gasteiger partial charge < -0.3 is 5.11 Å². The van der Waals surface area contributed by atoms with Crippen LogP contribution in [-0.4, -0.2) is 52.5 Å². The molecule has 0 radical (unpaired) electrons. The molecule has 1 aromatic carbocycles. The van der Waals surface area contributed by atoms with E-state index in [-0.39, 0.29) is 22.9 Å². The highest BCUT2D eigenvalue weighted by Crippen LogP contribution is 2.21. The zero-order chi connectivity index (χ0) is 16.2. The van der Waals surface area contributed by atoms with Crippen molar-refractivity contribution in [3.63, 3.8) is 0 Å². The number of sulfonamides is 2. The lowest BCUT2D eigenvalue weighted by molar-refractivity contribution is 0.301. The van der Waals surface area contributed by atoms with E-state index < -0.39 is 20.0 Å². The van der Waals surface area contributed by atoms with Crippen LogP contribution in [0, 0.1) is 0 Å². The Bertz CT molecular complexity index is 692. The first kappa shape index (κ1) is 17.4. The number of piperidine rings is 1. The fraction of sp³-hybridized carbons (Fsp3) is 0.538. The van der Waals surface area contributed by atoms with Crippen molar-refractivity contribution in [1.29, 1.82) is 0 Å². The molecule has 2 N–H and O–H groups in total. The number of hydrogen-bond donors (Lipinski definition) is 2. The third-order valence-corrected chi connectivity index (χ3v) is 6.88. The summed E-state index contributed by atoms with van der Waals surface area (Å²) in [4.78, 5) is 0.0639. The lowest BCUT2D eigenvalue weighted by Gasteiger charge is -2.25. The Morgan fingerprint density at radius 1 is 0.955 bits per heavy atom. The van der Waals surface area contributed by atoms with Gasteiger partial charge in [0.1, 0.15) is 0 Å². The quantitative estimate of drug-likeness (QED) is 0.761. The SMILES string of the molecule is O=S(=O)(NCCO)c1ccc(S(=O)(=O)N2CCCCC2)cc1. The number of aliphatic hydroxyl groups excluding tert-OH is 1. The number of aliphatic hydroxyl groups is 1. The molecular formula is C13H20N2O5S2. The van der Waals surface area contributed by atoms with Gasteiger partial charge in [-0.2, -0.15) is 4.31 Å². The molecule has 1 aromatic rings. The van der Waals surface area contributed by atoms with Crippen LogP contribution in [0.4, 0.5) is 0 Å². The Balaban J connectivity index is 2.21. The van der Waals surface area contributed by atoms with Crippen molar-refractivity contribution >= 4 is 20.0 Å². The molecule has 9 heteroatoms. The van der Waals surface area contributed by atoms with Gasteiger partial charge in [0.15, 0.2) is 0 Å². The van der Waals surface area contributed by atoms with Gasteiger partial charge in [-0.1, -0.05) is 6.42 Å². The topological polar surface area (TPSA) is 104 Å². The minimum Gasteiger partial charge on any atom is -0.395 e. The van der Waals surface area contributed by atoms with Gasteiger partial charge >= 0.3 is 0 Å². The van der Waals surface area contributed by atoms with E-state index in [1.165, 1.54) is 28.6 Å². The smallest absolute Gasteiger partial charge is 0.243 e. The van der Waals surface area contributed by atoms with E-state index in [9.17, 15) is 16.8 Å². The van der Waals surface area contributed by atoms with E-state index in [1.807, 2.05) is 0 Å². The Morgan fingerprint density at radius 3 is 2.05 bits per heavy atom. The maximum absolute atomic E-state index is 12.4. The summed E-state index contributed by atoms with van der Waals surface area (Å²) in [6.45, 7) is 0.609. The van der Waals surface area contributed by atoms with Gasteiger partial charge in [0.2, 0.25) is 20.0 Å². The summed E-state index contributed by atoms with van der Waals surface area (Å²) >= 11 is 0. The Morgan fingerprint density at radius 2 is 1.50 bits per heavy atom. The second-order valence-corrected chi connectivity index (χ2v) is 8.76. The van der Waals surface area contributed by atoms with Gasteiger partial charge in [0.05, 0.1) is 16.4 Å². The largest absolute Gasteiger partial charge is 0.395 e. The van der Waals surface area contributed by atoms with Crippen LogP contribution in [0.15, 0.2) is 34.1 Å². The number of nitrogens with zero attached hydrogens (tertiary/aromatic N) is 1. The van der Waals surface area contributed by atoms with E-state index in [0.29, 0.717) is 13.1 Å². The van der Waals surface area contributed by atoms with Crippen molar-refractivity contribution < 1.29 is 21.9 Å². The molecule has 0 saturated carbocycles. The van der Waals surface area contributed by atoms with Gasteiger partial charge in [-0.15, -0.1) is 0 Å². The van der Waals surface area contributed by atoms with Crippen molar-refractivity contribution in [1.82, 2.24) is 9.03 Å². The molecule has 0 atom stereocenters. The summed E-state index contributed by atoms with van der Waals surface area (Å²) in [5.74, 6) is 0. The highest BCUT2D eigenvalue weighted by molar-refractivity contribution is 7.89. The minimum atomic E-state index is -3.73. The number of hydrogen-bond acceptors (Lipinski definition) is 5. The van der Waals surface area contributed by atoms with Gasteiger partial charge in [-0.25, -0.2) is 21.6 Å². The molecule has 1 aliphatic rings. The monoisotopic (exact) mass is 348 g/mol. The second kappa shape index (κ2) is 7.05. The summed E-state index contributed by atoms with van der Waals surface area (Å²) in [5, 5.41) is 8.66. The summed E-state index contributed by atoms with van der Waals surface area (Å²) in [6, 6.07) is 5.13. The number of rotatable bonds is 6. The number of benzene rings is 1. The van der Waals surface area contributed by atoms with Crippen molar-refractivity contribution in [3.8, 4) is 0 Å².